The number of hydrogen-bond donors (Lipinski definition) is 1. The Bertz CT molecular complexity index is 1110. The number of allylic oxidation sites excluding steroid dienone is 1. The molecule has 0 aliphatic rings. The molecular formula is C26H25ClN2O4. The van der Waals surface area contributed by atoms with Gasteiger partial charge in [0.2, 0.25) is 0 Å². The first-order valence-corrected chi connectivity index (χ1v) is 10.7. The number of rotatable bonds is 11. The van der Waals surface area contributed by atoms with E-state index in [-0.39, 0.29) is 12.5 Å². The lowest BCUT2D eigenvalue weighted by Gasteiger charge is -2.11. The van der Waals surface area contributed by atoms with Crippen LogP contribution in [0, 0.1) is 0 Å². The first-order valence-electron chi connectivity index (χ1n) is 10.3. The van der Waals surface area contributed by atoms with Gasteiger partial charge in [0.15, 0.2) is 18.1 Å². The van der Waals surface area contributed by atoms with Gasteiger partial charge in [-0.1, -0.05) is 48.0 Å². The highest BCUT2D eigenvalue weighted by Gasteiger charge is 2.07. The molecule has 170 valence electrons. The monoisotopic (exact) mass is 464 g/mol. The molecule has 0 fully saturated rings. The number of carbonyl (C=O) groups excluding carboxylic acids is 1. The third-order valence-corrected chi connectivity index (χ3v) is 4.85. The number of ether oxygens (including phenoxy) is 3. The molecule has 0 aliphatic carbocycles. The molecule has 0 spiro atoms. The molecule has 1 N–H and O–H groups in total. The van der Waals surface area contributed by atoms with Crippen LogP contribution in [0.25, 0.3) is 0 Å². The zero-order chi connectivity index (χ0) is 23.5. The van der Waals surface area contributed by atoms with Gasteiger partial charge in [-0.3, -0.25) is 4.79 Å². The van der Waals surface area contributed by atoms with Gasteiger partial charge in [0.1, 0.15) is 12.4 Å². The van der Waals surface area contributed by atoms with Crippen molar-refractivity contribution in [1.82, 2.24) is 5.43 Å². The van der Waals surface area contributed by atoms with Crippen LogP contribution in [-0.2, 0) is 17.8 Å². The maximum Gasteiger partial charge on any atom is 0.277 e. The summed E-state index contributed by atoms with van der Waals surface area (Å²) in [6.45, 7) is 3.97. The molecule has 0 radical (unpaired) electrons. The number of amides is 1. The first kappa shape index (κ1) is 23.9. The fraction of sp³-hybridized carbons (Fsp3) is 0.154. The van der Waals surface area contributed by atoms with Crippen LogP contribution in [0.2, 0.25) is 5.02 Å². The van der Waals surface area contributed by atoms with Crippen molar-refractivity contribution in [3.8, 4) is 17.2 Å². The summed E-state index contributed by atoms with van der Waals surface area (Å²) in [6, 6.07) is 20.3. The molecule has 0 saturated heterocycles. The van der Waals surface area contributed by atoms with Crippen molar-refractivity contribution in [3.63, 3.8) is 0 Å². The fourth-order valence-electron chi connectivity index (χ4n) is 2.95. The summed E-state index contributed by atoms with van der Waals surface area (Å²) in [4.78, 5) is 12.1. The molecule has 6 nitrogen and oxygen atoms in total. The second kappa shape index (κ2) is 12.3. The van der Waals surface area contributed by atoms with Crippen LogP contribution in [0.1, 0.15) is 16.7 Å². The molecule has 0 aromatic heterocycles. The molecule has 0 heterocycles. The quantitative estimate of drug-likeness (QED) is 0.241. The largest absolute Gasteiger partial charge is 0.493 e. The van der Waals surface area contributed by atoms with Crippen molar-refractivity contribution in [2.75, 3.05) is 13.7 Å². The molecule has 33 heavy (non-hydrogen) atoms. The topological polar surface area (TPSA) is 69.2 Å². The number of hydrogen-bond acceptors (Lipinski definition) is 5. The molecule has 1 amide bonds. The fourth-order valence-corrected chi connectivity index (χ4v) is 3.07. The van der Waals surface area contributed by atoms with E-state index in [0.717, 1.165) is 16.7 Å². The van der Waals surface area contributed by atoms with Crippen molar-refractivity contribution < 1.29 is 19.0 Å². The SMILES string of the molecule is C=CCc1ccccc1OCC(=O)N/N=C\c1ccc(OCc2ccc(Cl)cc2)c(OC)c1. The second-order valence-corrected chi connectivity index (χ2v) is 7.44. The second-order valence-electron chi connectivity index (χ2n) is 7.01. The van der Waals surface area contributed by atoms with Crippen LogP contribution < -0.4 is 19.6 Å². The van der Waals surface area contributed by atoms with Gasteiger partial charge in [-0.25, -0.2) is 5.43 Å². The minimum atomic E-state index is -0.366. The molecular weight excluding hydrogens is 440 g/mol. The van der Waals surface area contributed by atoms with Crippen LogP contribution >= 0.6 is 11.6 Å². The summed E-state index contributed by atoms with van der Waals surface area (Å²) in [5.74, 6) is 1.44. The first-order chi connectivity index (χ1) is 16.1. The van der Waals surface area contributed by atoms with Crippen LogP contribution in [0.3, 0.4) is 0 Å². The average molecular weight is 465 g/mol. The van der Waals surface area contributed by atoms with E-state index >= 15 is 0 Å². The van der Waals surface area contributed by atoms with E-state index < -0.39 is 0 Å². The van der Waals surface area contributed by atoms with Gasteiger partial charge in [0.05, 0.1) is 13.3 Å². The third kappa shape index (κ3) is 7.40. The number of hydrazone groups is 1. The van der Waals surface area contributed by atoms with E-state index in [9.17, 15) is 4.79 Å². The van der Waals surface area contributed by atoms with Gasteiger partial charge in [-0.2, -0.15) is 5.10 Å². The number of methoxy groups -OCH3 is 1. The Morgan fingerprint density at radius 1 is 1.03 bits per heavy atom. The number of benzene rings is 3. The van der Waals surface area contributed by atoms with Crippen molar-refractivity contribution in [1.29, 1.82) is 0 Å². The lowest BCUT2D eigenvalue weighted by atomic mass is 10.1. The zero-order valence-electron chi connectivity index (χ0n) is 18.3. The van der Waals surface area contributed by atoms with E-state index in [0.29, 0.717) is 35.3 Å². The van der Waals surface area contributed by atoms with Crippen LogP contribution in [0.4, 0.5) is 0 Å². The summed E-state index contributed by atoms with van der Waals surface area (Å²) >= 11 is 5.91. The van der Waals surface area contributed by atoms with Gasteiger partial charge < -0.3 is 14.2 Å². The van der Waals surface area contributed by atoms with Crippen molar-refractivity contribution in [3.05, 3.63) is 101 Å². The standard InChI is InChI=1S/C26H25ClN2O4/c1-3-6-21-7-4-5-8-23(21)33-18-26(30)29-28-16-20-11-14-24(25(15-20)31-2)32-17-19-9-12-22(27)13-10-19/h3-5,7-16H,1,6,17-18H2,2H3,(H,29,30)/b28-16-. The molecule has 0 bridgehead atoms. The number of carbonyl (C=O) groups is 1. The van der Waals surface area contributed by atoms with Crippen LogP contribution in [0.5, 0.6) is 17.2 Å². The van der Waals surface area contributed by atoms with Crippen LogP contribution in [-0.4, -0.2) is 25.8 Å². The average Bonchev–Trinajstić information content (AvgIpc) is 2.83. The third-order valence-electron chi connectivity index (χ3n) is 4.59. The van der Waals surface area contributed by atoms with E-state index in [4.69, 9.17) is 25.8 Å². The Kier molecular flexibility index (Phi) is 8.91. The van der Waals surface area contributed by atoms with E-state index in [1.807, 2.05) is 54.6 Å². The zero-order valence-corrected chi connectivity index (χ0v) is 19.0. The van der Waals surface area contributed by atoms with Crippen molar-refractivity contribution >= 4 is 23.7 Å². The minimum absolute atomic E-state index is 0.147. The molecule has 0 unspecified atom stereocenters. The van der Waals surface area contributed by atoms with E-state index in [2.05, 4.69) is 17.1 Å². The van der Waals surface area contributed by atoms with E-state index in [1.54, 1.807) is 25.3 Å². The normalized spacial score (nSPS) is 10.6. The Morgan fingerprint density at radius 3 is 2.58 bits per heavy atom. The Morgan fingerprint density at radius 2 is 1.82 bits per heavy atom. The minimum Gasteiger partial charge on any atom is -0.493 e. The predicted molar refractivity (Wildman–Crippen MR) is 130 cm³/mol. The van der Waals surface area contributed by atoms with Gasteiger partial charge in [0, 0.05) is 5.02 Å². The molecule has 3 aromatic rings. The molecule has 0 atom stereocenters. The molecule has 7 heteroatoms. The highest BCUT2D eigenvalue weighted by atomic mass is 35.5. The van der Waals surface area contributed by atoms with Gasteiger partial charge in [0.25, 0.3) is 5.91 Å². The molecule has 3 aromatic carbocycles. The number of nitrogens with zero attached hydrogens (tertiary/aromatic N) is 1. The Balaban J connectivity index is 1.52. The molecule has 3 rings (SSSR count). The smallest absolute Gasteiger partial charge is 0.277 e. The van der Waals surface area contributed by atoms with Gasteiger partial charge in [-0.15, -0.1) is 6.58 Å². The Labute approximate surface area is 198 Å². The number of halogens is 1. The highest BCUT2D eigenvalue weighted by Crippen LogP contribution is 2.28. The summed E-state index contributed by atoms with van der Waals surface area (Å²) in [5.41, 5.74) is 5.15. The lowest BCUT2D eigenvalue weighted by Crippen LogP contribution is -2.24. The highest BCUT2D eigenvalue weighted by molar-refractivity contribution is 6.30. The molecule has 0 saturated carbocycles. The van der Waals surface area contributed by atoms with Gasteiger partial charge >= 0.3 is 0 Å². The summed E-state index contributed by atoms with van der Waals surface area (Å²) in [6.07, 6.45) is 3.97. The lowest BCUT2D eigenvalue weighted by molar-refractivity contribution is -0.123. The Hall–Kier alpha value is -3.77. The maximum atomic E-state index is 12.1. The summed E-state index contributed by atoms with van der Waals surface area (Å²) in [7, 11) is 1.56. The molecule has 0 aliphatic heterocycles. The summed E-state index contributed by atoms with van der Waals surface area (Å²) in [5, 5.41) is 4.67. The summed E-state index contributed by atoms with van der Waals surface area (Å²) < 4.78 is 16.9. The van der Waals surface area contributed by atoms with E-state index in [1.165, 1.54) is 6.21 Å². The van der Waals surface area contributed by atoms with Gasteiger partial charge in [-0.05, 0) is 59.5 Å². The predicted octanol–water partition coefficient (Wildman–Crippen LogP) is 5.19. The number of para-hydroxylation sites is 1. The number of nitrogens with one attached hydrogen (secondary N) is 1. The van der Waals surface area contributed by atoms with Crippen molar-refractivity contribution in [2.24, 2.45) is 5.10 Å². The maximum absolute atomic E-state index is 12.1. The van der Waals surface area contributed by atoms with Crippen LogP contribution in [0.15, 0.2) is 84.5 Å². The van der Waals surface area contributed by atoms with Crippen molar-refractivity contribution in [2.45, 2.75) is 13.0 Å².